The predicted molar refractivity (Wildman–Crippen MR) is 84.2 cm³/mol. The molecule has 3 aromatic rings. The van der Waals surface area contributed by atoms with E-state index in [2.05, 4.69) is 63.6 Å². The van der Waals surface area contributed by atoms with Crippen LogP contribution in [0.5, 0.6) is 0 Å². The third kappa shape index (κ3) is 2.47. The number of hydrogen-bond acceptors (Lipinski definition) is 3. The Morgan fingerprint density at radius 1 is 1.20 bits per heavy atom. The number of aryl methyl sites for hydroxylation is 2. The lowest BCUT2D eigenvalue weighted by atomic mass is 10.1. The van der Waals surface area contributed by atoms with E-state index in [1.807, 2.05) is 19.4 Å². The number of hydrogen-bond donors (Lipinski definition) is 1. The molecule has 2 heterocycles. The van der Waals surface area contributed by atoms with E-state index in [9.17, 15) is 0 Å². The first-order chi connectivity index (χ1) is 9.75. The fraction of sp³-hybridized carbons (Fsp3) is 0.188. The summed E-state index contributed by atoms with van der Waals surface area (Å²) in [4.78, 5) is 5.77. The van der Waals surface area contributed by atoms with Crippen molar-refractivity contribution in [1.82, 2.24) is 9.55 Å². The Bertz CT molecular complexity index is 685. The van der Waals surface area contributed by atoms with Crippen LogP contribution in [0.2, 0.25) is 0 Å². The van der Waals surface area contributed by atoms with Crippen LogP contribution in [0, 0.1) is 6.92 Å². The van der Waals surface area contributed by atoms with Crippen molar-refractivity contribution < 1.29 is 0 Å². The van der Waals surface area contributed by atoms with Gasteiger partial charge in [0, 0.05) is 30.0 Å². The van der Waals surface area contributed by atoms with Crippen molar-refractivity contribution in [3.63, 3.8) is 0 Å². The number of benzene rings is 1. The van der Waals surface area contributed by atoms with Crippen LogP contribution in [0.25, 0.3) is 0 Å². The van der Waals surface area contributed by atoms with E-state index in [1.165, 1.54) is 10.4 Å². The van der Waals surface area contributed by atoms with Gasteiger partial charge in [-0.2, -0.15) is 0 Å². The number of imidazole rings is 1. The zero-order valence-electron chi connectivity index (χ0n) is 11.6. The molecular weight excluding hydrogens is 266 g/mol. The topological polar surface area (TPSA) is 29.9 Å². The maximum Gasteiger partial charge on any atom is 0.136 e. The fourth-order valence-corrected chi connectivity index (χ4v) is 3.04. The molecule has 0 aliphatic rings. The predicted octanol–water partition coefficient (Wildman–Crippen LogP) is 3.99. The average molecular weight is 283 g/mol. The summed E-state index contributed by atoms with van der Waals surface area (Å²) in [7, 11) is 2.03. The molecule has 2 aromatic heterocycles. The van der Waals surface area contributed by atoms with Gasteiger partial charge in [-0.05, 0) is 30.0 Å². The van der Waals surface area contributed by atoms with Gasteiger partial charge in [-0.25, -0.2) is 4.98 Å². The van der Waals surface area contributed by atoms with E-state index in [4.69, 9.17) is 0 Å². The molecule has 1 aromatic carbocycles. The number of thiophene rings is 1. The maximum absolute atomic E-state index is 4.51. The van der Waals surface area contributed by atoms with Crippen molar-refractivity contribution in [1.29, 1.82) is 0 Å². The molecule has 3 rings (SSSR count). The molecule has 0 radical (unpaired) electrons. The number of para-hydroxylation sites is 1. The standard InChI is InChI=1S/C16H17N3S/c1-12-6-3-4-7-13(12)18-15(14-8-5-11-20-14)16-17-9-10-19(16)2/h3-11,15,18H,1-2H3. The summed E-state index contributed by atoms with van der Waals surface area (Å²) in [5.41, 5.74) is 2.39. The Kier molecular flexibility index (Phi) is 3.56. The van der Waals surface area contributed by atoms with Crippen LogP contribution in [0.1, 0.15) is 22.3 Å². The Balaban J connectivity index is 1.99. The van der Waals surface area contributed by atoms with Crippen LogP contribution in [0.4, 0.5) is 5.69 Å². The summed E-state index contributed by atoms with van der Waals surface area (Å²) < 4.78 is 2.07. The van der Waals surface area contributed by atoms with Gasteiger partial charge in [-0.15, -0.1) is 11.3 Å². The molecule has 0 aliphatic heterocycles. The Hall–Kier alpha value is -2.07. The minimum Gasteiger partial charge on any atom is -0.371 e. The number of aromatic nitrogens is 2. The minimum absolute atomic E-state index is 0.0797. The number of nitrogens with one attached hydrogen (secondary N) is 1. The third-order valence-electron chi connectivity index (χ3n) is 3.39. The van der Waals surface area contributed by atoms with Crippen molar-refractivity contribution >= 4 is 17.0 Å². The second-order valence-corrected chi connectivity index (χ2v) is 5.78. The first-order valence-corrected chi connectivity index (χ1v) is 7.46. The average Bonchev–Trinajstić information content (AvgIpc) is 3.10. The highest BCUT2D eigenvalue weighted by Gasteiger charge is 2.19. The van der Waals surface area contributed by atoms with E-state index in [-0.39, 0.29) is 6.04 Å². The second kappa shape index (κ2) is 5.51. The van der Waals surface area contributed by atoms with Crippen LogP contribution in [0.3, 0.4) is 0 Å². The Labute approximate surface area is 122 Å². The van der Waals surface area contributed by atoms with Crippen LogP contribution < -0.4 is 5.32 Å². The highest BCUT2D eigenvalue weighted by Crippen LogP contribution is 2.29. The highest BCUT2D eigenvalue weighted by molar-refractivity contribution is 7.10. The summed E-state index contributed by atoms with van der Waals surface area (Å²) in [6.07, 6.45) is 3.82. The van der Waals surface area contributed by atoms with Crippen LogP contribution in [-0.2, 0) is 7.05 Å². The minimum atomic E-state index is 0.0797. The fourth-order valence-electron chi connectivity index (χ4n) is 2.26. The second-order valence-electron chi connectivity index (χ2n) is 4.80. The lowest BCUT2D eigenvalue weighted by Crippen LogP contribution is -2.16. The van der Waals surface area contributed by atoms with E-state index in [0.29, 0.717) is 0 Å². The number of rotatable bonds is 4. The molecule has 1 N–H and O–H groups in total. The first kappa shape index (κ1) is 12.9. The van der Waals surface area contributed by atoms with Crippen molar-refractivity contribution in [3.8, 4) is 0 Å². The van der Waals surface area contributed by atoms with Crippen LogP contribution >= 0.6 is 11.3 Å². The Morgan fingerprint density at radius 2 is 2.05 bits per heavy atom. The lowest BCUT2D eigenvalue weighted by molar-refractivity contribution is 0.756. The van der Waals surface area contributed by atoms with Crippen molar-refractivity contribution in [2.24, 2.45) is 7.05 Å². The molecular formula is C16H17N3S. The van der Waals surface area contributed by atoms with E-state index >= 15 is 0 Å². The molecule has 1 atom stereocenters. The van der Waals surface area contributed by atoms with Crippen molar-refractivity contribution in [2.75, 3.05) is 5.32 Å². The molecule has 4 heteroatoms. The molecule has 1 unspecified atom stereocenters. The summed E-state index contributed by atoms with van der Waals surface area (Å²) in [5.74, 6) is 1.02. The molecule has 102 valence electrons. The normalized spacial score (nSPS) is 12.3. The summed E-state index contributed by atoms with van der Waals surface area (Å²) >= 11 is 1.75. The summed E-state index contributed by atoms with van der Waals surface area (Å²) in [5, 5.41) is 5.72. The van der Waals surface area contributed by atoms with E-state index in [1.54, 1.807) is 11.3 Å². The van der Waals surface area contributed by atoms with Crippen molar-refractivity contribution in [2.45, 2.75) is 13.0 Å². The molecule has 0 amide bonds. The molecule has 0 spiro atoms. The molecule has 0 fully saturated rings. The van der Waals surface area contributed by atoms with Gasteiger partial charge in [-0.1, -0.05) is 24.3 Å². The first-order valence-electron chi connectivity index (χ1n) is 6.58. The highest BCUT2D eigenvalue weighted by atomic mass is 32.1. The van der Waals surface area contributed by atoms with Gasteiger partial charge in [0.15, 0.2) is 0 Å². The van der Waals surface area contributed by atoms with Crippen LogP contribution in [0.15, 0.2) is 54.2 Å². The zero-order chi connectivity index (χ0) is 13.9. The molecule has 0 saturated carbocycles. The van der Waals surface area contributed by atoms with Crippen LogP contribution in [-0.4, -0.2) is 9.55 Å². The smallest absolute Gasteiger partial charge is 0.136 e. The summed E-state index contributed by atoms with van der Waals surface area (Å²) in [6.45, 7) is 2.12. The summed E-state index contributed by atoms with van der Waals surface area (Å²) in [6, 6.07) is 12.6. The Morgan fingerprint density at radius 3 is 2.70 bits per heavy atom. The monoisotopic (exact) mass is 283 g/mol. The lowest BCUT2D eigenvalue weighted by Gasteiger charge is -2.20. The SMILES string of the molecule is Cc1ccccc1NC(c1cccs1)c1nccn1C. The van der Waals surface area contributed by atoms with E-state index < -0.39 is 0 Å². The zero-order valence-corrected chi connectivity index (χ0v) is 12.4. The van der Waals surface area contributed by atoms with Gasteiger partial charge in [0.25, 0.3) is 0 Å². The maximum atomic E-state index is 4.51. The van der Waals surface area contributed by atoms with Gasteiger partial charge in [0.05, 0.1) is 0 Å². The molecule has 0 saturated heterocycles. The third-order valence-corrected chi connectivity index (χ3v) is 4.33. The van der Waals surface area contributed by atoms with Gasteiger partial charge in [0.1, 0.15) is 11.9 Å². The van der Waals surface area contributed by atoms with Crippen molar-refractivity contribution in [3.05, 3.63) is 70.4 Å². The quantitative estimate of drug-likeness (QED) is 0.784. The number of anilines is 1. The largest absolute Gasteiger partial charge is 0.371 e. The van der Waals surface area contributed by atoms with Gasteiger partial charge >= 0.3 is 0 Å². The number of nitrogens with zero attached hydrogens (tertiary/aromatic N) is 2. The molecule has 0 aliphatic carbocycles. The van der Waals surface area contributed by atoms with E-state index in [0.717, 1.165) is 11.5 Å². The molecule has 20 heavy (non-hydrogen) atoms. The van der Waals surface area contributed by atoms with Gasteiger partial charge in [0.2, 0.25) is 0 Å². The van der Waals surface area contributed by atoms with Gasteiger partial charge < -0.3 is 9.88 Å². The van der Waals surface area contributed by atoms with Gasteiger partial charge in [-0.3, -0.25) is 0 Å². The molecule has 3 nitrogen and oxygen atoms in total. The molecule has 0 bridgehead atoms.